The SMILES string of the molecule is O=C(O)c1cccnc1CN1CCC(Nc2ccc(C34CC5CC(CC(C5)C3)C4)cc2Cl)C1. The number of pyridine rings is 1. The van der Waals surface area contributed by atoms with Crippen LogP contribution in [0.2, 0.25) is 5.02 Å². The molecule has 4 saturated carbocycles. The molecular formula is C27H32ClN3O2. The third kappa shape index (κ3) is 4.04. The summed E-state index contributed by atoms with van der Waals surface area (Å²) in [5.41, 5.74) is 3.76. The lowest BCUT2D eigenvalue weighted by Crippen LogP contribution is -2.48. The summed E-state index contributed by atoms with van der Waals surface area (Å²) in [6.07, 6.45) is 11.1. The highest BCUT2D eigenvalue weighted by Crippen LogP contribution is 2.61. The number of anilines is 1. The van der Waals surface area contributed by atoms with Gasteiger partial charge in [0.1, 0.15) is 0 Å². The van der Waals surface area contributed by atoms with E-state index in [0.717, 1.165) is 48.0 Å². The monoisotopic (exact) mass is 465 g/mol. The van der Waals surface area contributed by atoms with Gasteiger partial charge in [0.05, 0.1) is 22.0 Å². The summed E-state index contributed by atoms with van der Waals surface area (Å²) in [5, 5.41) is 13.9. The smallest absolute Gasteiger partial charge is 0.337 e. The van der Waals surface area contributed by atoms with E-state index in [4.69, 9.17) is 11.6 Å². The number of rotatable bonds is 6. The average Bonchev–Trinajstić information content (AvgIpc) is 3.21. The van der Waals surface area contributed by atoms with Crippen LogP contribution in [0.15, 0.2) is 36.5 Å². The summed E-state index contributed by atoms with van der Waals surface area (Å²) < 4.78 is 0. The molecule has 174 valence electrons. The number of halogens is 1. The normalized spacial score (nSPS) is 32.9. The third-order valence-electron chi connectivity index (χ3n) is 8.75. The zero-order valence-corrected chi connectivity index (χ0v) is 19.7. The first kappa shape index (κ1) is 21.4. The van der Waals surface area contributed by atoms with Crippen LogP contribution >= 0.6 is 11.6 Å². The van der Waals surface area contributed by atoms with Gasteiger partial charge < -0.3 is 10.4 Å². The molecule has 2 heterocycles. The second-order valence-corrected chi connectivity index (χ2v) is 11.5. The summed E-state index contributed by atoms with van der Waals surface area (Å²) in [6, 6.07) is 10.4. The molecule has 4 bridgehead atoms. The van der Waals surface area contributed by atoms with Crippen LogP contribution in [0, 0.1) is 17.8 Å². The molecule has 1 atom stereocenters. The zero-order chi connectivity index (χ0) is 22.6. The van der Waals surface area contributed by atoms with E-state index in [1.165, 1.54) is 44.1 Å². The van der Waals surface area contributed by atoms with Crippen molar-refractivity contribution >= 4 is 23.3 Å². The molecule has 5 nitrogen and oxygen atoms in total. The van der Waals surface area contributed by atoms with Crippen molar-refractivity contribution in [2.45, 2.75) is 62.9 Å². The molecule has 33 heavy (non-hydrogen) atoms. The molecule has 6 heteroatoms. The van der Waals surface area contributed by atoms with Crippen molar-refractivity contribution in [3.05, 3.63) is 58.4 Å². The molecule has 1 aliphatic heterocycles. The fourth-order valence-electron chi connectivity index (χ4n) is 7.71. The molecular weight excluding hydrogens is 434 g/mol. The first-order chi connectivity index (χ1) is 16.0. The Hall–Kier alpha value is -2.11. The number of nitrogens with one attached hydrogen (secondary N) is 1. The summed E-state index contributed by atoms with van der Waals surface area (Å²) >= 11 is 6.82. The number of benzene rings is 1. The van der Waals surface area contributed by atoms with Crippen LogP contribution < -0.4 is 5.32 Å². The zero-order valence-electron chi connectivity index (χ0n) is 19.0. The Labute approximate surface area is 200 Å². The second-order valence-electron chi connectivity index (χ2n) is 11.1. The Morgan fingerprint density at radius 3 is 2.55 bits per heavy atom. The van der Waals surface area contributed by atoms with Crippen LogP contribution in [0.25, 0.3) is 0 Å². The number of aromatic nitrogens is 1. The average molecular weight is 466 g/mol. The van der Waals surface area contributed by atoms with E-state index >= 15 is 0 Å². The maximum absolute atomic E-state index is 11.5. The van der Waals surface area contributed by atoms with E-state index in [1.54, 1.807) is 18.3 Å². The third-order valence-corrected chi connectivity index (χ3v) is 9.06. The van der Waals surface area contributed by atoms with Gasteiger partial charge in [-0.2, -0.15) is 0 Å². The Kier molecular flexibility index (Phi) is 5.38. The number of hydrogen-bond acceptors (Lipinski definition) is 4. The number of carboxylic acids is 1. The van der Waals surface area contributed by atoms with Crippen molar-refractivity contribution in [1.82, 2.24) is 9.88 Å². The van der Waals surface area contributed by atoms with Crippen LogP contribution in [0.1, 0.15) is 66.6 Å². The quantitative estimate of drug-likeness (QED) is 0.582. The predicted octanol–water partition coefficient (Wildman–Crippen LogP) is 5.59. The van der Waals surface area contributed by atoms with E-state index in [-0.39, 0.29) is 5.56 Å². The van der Waals surface area contributed by atoms with Gasteiger partial charge in [-0.1, -0.05) is 17.7 Å². The Morgan fingerprint density at radius 2 is 1.88 bits per heavy atom. The number of nitrogens with zero attached hydrogens (tertiary/aromatic N) is 2. The molecule has 4 aliphatic carbocycles. The fourth-order valence-corrected chi connectivity index (χ4v) is 7.95. The second kappa shape index (κ2) is 8.28. The topological polar surface area (TPSA) is 65.5 Å². The molecule has 7 rings (SSSR count). The lowest BCUT2D eigenvalue weighted by atomic mass is 9.48. The van der Waals surface area contributed by atoms with Crippen molar-refractivity contribution in [2.75, 3.05) is 18.4 Å². The predicted molar refractivity (Wildman–Crippen MR) is 130 cm³/mol. The lowest BCUT2D eigenvalue weighted by molar-refractivity contribution is -0.00518. The molecule has 1 aromatic carbocycles. The van der Waals surface area contributed by atoms with Crippen molar-refractivity contribution in [2.24, 2.45) is 17.8 Å². The number of carbonyl (C=O) groups is 1. The highest BCUT2D eigenvalue weighted by molar-refractivity contribution is 6.33. The molecule has 5 aliphatic rings. The van der Waals surface area contributed by atoms with Gasteiger partial charge in [-0.05, 0) is 97.9 Å². The van der Waals surface area contributed by atoms with Gasteiger partial charge in [-0.3, -0.25) is 9.88 Å². The highest BCUT2D eigenvalue weighted by atomic mass is 35.5. The Morgan fingerprint density at radius 1 is 1.15 bits per heavy atom. The van der Waals surface area contributed by atoms with Gasteiger partial charge in [0.25, 0.3) is 0 Å². The number of aromatic carboxylic acids is 1. The molecule has 1 unspecified atom stereocenters. The van der Waals surface area contributed by atoms with E-state index < -0.39 is 5.97 Å². The maximum Gasteiger partial charge on any atom is 0.337 e. The fraction of sp³-hybridized carbons (Fsp3) is 0.556. The van der Waals surface area contributed by atoms with Crippen molar-refractivity contribution in [3.63, 3.8) is 0 Å². The van der Waals surface area contributed by atoms with Crippen LogP contribution in [0.5, 0.6) is 0 Å². The van der Waals surface area contributed by atoms with Crippen LogP contribution in [-0.4, -0.2) is 40.1 Å². The van der Waals surface area contributed by atoms with E-state index in [9.17, 15) is 9.90 Å². The van der Waals surface area contributed by atoms with Gasteiger partial charge in [0.15, 0.2) is 0 Å². The first-order valence-corrected chi connectivity index (χ1v) is 12.8. The van der Waals surface area contributed by atoms with Crippen molar-refractivity contribution in [3.8, 4) is 0 Å². The van der Waals surface area contributed by atoms with E-state index in [2.05, 4.69) is 33.4 Å². The molecule has 1 aromatic heterocycles. The molecule has 1 saturated heterocycles. The standard InChI is InChI=1S/C27H32ClN3O2/c28-23-11-20(27-12-17-8-18(13-27)10-19(9-17)14-27)3-4-24(23)30-21-5-7-31(15-21)16-25-22(26(32)33)2-1-6-29-25/h1-4,6,11,17-19,21,30H,5,7-10,12-16H2,(H,32,33). The van der Waals surface area contributed by atoms with Crippen LogP contribution in [-0.2, 0) is 12.0 Å². The maximum atomic E-state index is 11.5. The highest BCUT2D eigenvalue weighted by Gasteiger charge is 2.51. The molecule has 2 aromatic rings. The van der Waals surface area contributed by atoms with Crippen molar-refractivity contribution in [1.29, 1.82) is 0 Å². The number of likely N-dealkylation sites (tertiary alicyclic amines) is 1. The van der Waals surface area contributed by atoms with E-state index in [0.29, 0.717) is 23.7 Å². The lowest BCUT2D eigenvalue weighted by Gasteiger charge is -2.57. The molecule has 2 N–H and O–H groups in total. The summed E-state index contributed by atoms with van der Waals surface area (Å²) in [7, 11) is 0. The van der Waals surface area contributed by atoms with Gasteiger partial charge in [0.2, 0.25) is 0 Å². The minimum atomic E-state index is -0.919. The summed E-state index contributed by atoms with van der Waals surface area (Å²) in [4.78, 5) is 18.1. The molecule has 0 spiro atoms. The minimum absolute atomic E-state index is 0.289. The Balaban J connectivity index is 1.12. The molecule has 0 amide bonds. The number of carboxylic acid groups (broad SMARTS) is 1. The van der Waals surface area contributed by atoms with Gasteiger partial charge >= 0.3 is 5.97 Å². The van der Waals surface area contributed by atoms with Gasteiger partial charge in [-0.25, -0.2) is 4.79 Å². The van der Waals surface area contributed by atoms with Crippen LogP contribution in [0.4, 0.5) is 5.69 Å². The molecule has 5 fully saturated rings. The van der Waals surface area contributed by atoms with Gasteiger partial charge in [0, 0.05) is 31.9 Å². The van der Waals surface area contributed by atoms with Crippen LogP contribution in [0.3, 0.4) is 0 Å². The summed E-state index contributed by atoms with van der Waals surface area (Å²) in [6.45, 7) is 2.32. The summed E-state index contributed by atoms with van der Waals surface area (Å²) in [5.74, 6) is 1.87. The minimum Gasteiger partial charge on any atom is -0.478 e. The first-order valence-electron chi connectivity index (χ1n) is 12.4. The van der Waals surface area contributed by atoms with Gasteiger partial charge in [-0.15, -0.1) is 0 Å². The largest absolute Gasteiger partial charge is 0.478 e. The van der Waals surface area contributed by atoms with E-state index in [1.807, 2.05) is 0 Å². The molecule has 0 radical (unpaired) electrons. The Bertz CT molecular complexity index is 1040. The number of hydrogen-bond donors (Lipinski definition) is 2. The van der Waals surface area contributed by atoms with Crippen molar-refractivity contribution < 1.29 is 9.90 Å².